The summed E-state index contributed by atoms with van der Waals surface area (Å²) in [4.78, 5) is 12.6. The molecule has 6 fully saturated rings. The van der Waals surface area contributed by atoms with Crippen molar-refractivity contribution in [1.29, 1.82) is 0 Å². The van der Waals surface area contributed by atoms with Crippen LogP contribution in [0.4, 0.5) is 4.79 Å². The second kappa shape index (κ2) is 10.6. The SMILES string of the molecule is CC[C@H]1[C@@H](O)[C@@H]2[C@H](CC[C@]3(C)[C@@H](CCCNC(=O)NS(=O)(=O)C4(C)CC5CCC4C5)CC[C@@H]23)[C@@]2(C)CC[C@@H](O)C[C@@H]12. The van der Waals surface area contributed by atoms with E-state index in [4.69, 9.17) is 0 Å². The van der Waals surface area contributed by atoms with Crippen LogP contribution < -0.4 is 10.0 Å². The minimum atomic E-state index is -3.71. The molecule has 0 spiro atoms. The van der Waals surface area contributed by atoms with Crippen molar-refractivity contribution in [3.05, 3.63) is 0 Å². The van der Waals surface area contributed by atoms with Crippen LogP contribution in [0.2, 0.25) is 0 Å². The van der Waals surface area contributed by atoms with Crippen LogP contribution in [0, 0.1) is 58.2 Å². The average molecular weight is 593 g/mol. The number of aliphatic hydroxyl groups excluding tert-OH is 2. The minimum absolute atomic E-state index is 0.164. The highest BCUT2D eigenvalue weighted by molar-refractivity contribution is 7.91. The third-order valence-electron chi connectivity index (χ3n) is 14.5. The summed E-state index contributed by atoms with van der Waals surface area (Å²) in [6.45, 7) is 9.49. The van der Waals surface area contributed by atoms with Crippen LogP contribution in [0.15, 0.2) is 0 Å². The van der Waals surface area contributed by atoms with Crippen molar-refractivity contribution >= 4 is 16.1 Å². The molecule has 234 valence electrons. The van der Waals surface area contributed by atoms with Gasteiger partial charge >= 0.3 is 6.03 Å². The fourth-order valence-corrected chi connectivity index (χ4v) is 13.9. The van der Waals surface area contributed by atoms with E-state index in [2.05, 4.69) is 30.8 Å². The van der Waals surface area contributed by atoms with E-state index in [0.29, 0.717) is 48.5 Å². The highest BCUT2D eigenvalue weighted by Crippen LogP contribution is 2.69. The Hall–Kier alpha value is -0.860. The van der Waals surface area contributed by atoms with Crippen LogP contribution in [-0.2, 0) is 10.0 Å². The predicted octanol–water partition coefficient (Wildman–Crippen LogP) is 5.60. The Kier molecular flexibility index (Phi) is 7.83. The fourth-order valence-electron chi connectivity index (χ4n) is 12.2. The van der Waals surface area contributed by atoms with E-state index in [9.17, 15) is 23.4 Å². The van der Waals surface area contributed by atoms with E-state index < -0.39 is 20.8 Å². The van der Waals surface area contributed by atoms with Gasteiger partial charge in [-0.05, 0) is 142 Å². The molecular weight excluding hydrogens is 536 g/mol. The number of amides is 2. The molecule has 6 rings (SSSR count). The summed E-state index contributed by atoms with van der Waals surface area (Å²) in [5, 5.41) is 25.2. The van der Waals surface area contributed by atoms with Gasteiger partial charge in [0.15, 0.2) is 0 Å². The fraction of sp³-hybridized carbons (Fsp3) is 0.970. The number of carbonyl (C=O) groups is 1. The Bertz CT molecular complexity index is 1110. The Morgan fingerprint density at radius 1 is 0.902 bits per heavy atom. The van der Waals surface area contributed by atoms with Crippen LogP contribution in [0.25, 0.3) is 0 Å². The molecule has 6 saturated carbocycles. The summed E-state index contributed by atoms with van der Waals surface area (Å²) in [6.07, 6.45) is 13.6. The number of hydrogen-bond acceptors (Lipinski definition) is 5. The molecule has 8 heteroatoms. The summed E-state index contributed by atoms with van der Waals surface area (Å²) in [5.74, 6) is 3.33. The zero-order valence-corrected chi connectivity index (χ0v) is 26.7. The number of urea groups is 1. The van der Waals surface area contributed by atoms with Gasteiger partial charge in [0.2, 0.25) is 10.0 Å². The maximum Gasteiger partial charge on any atom is 0.328 e. The number of nitrogens with one attached hydrogen (secondary N) is 2. The number of aliphatic hydroxyl groups is 2. The Morgan fingerprint density at radius 2 is 1.63 bits per heavy atom. The van der Waals surface area contributed by atoms with Crippen LogP contribution in [-0.4, -0.2) is 48.2 Å². The zero-order chi connectivity index (χ0) is 29.4. The van der Waals surface area contributed by atoms with Crippen molar-refractivity contribution in [1.82, 2.24) is 10.0 Å². The third kappa shape index (κ3) is 4.70. The third-order valence-corrected chi connectivity index (χ3v) is 16.7. The zero-order valence-electron chi connectivity index (χ0n) is 25.9. The quantitative estimate of drug-likeness (QED) is 0.287. The van der Waals surface area contributed by atoms with E-state index in [-0.39, 0.29) is 34.9 Å². The van der Waals surface area contributed by atoms with Gasteiger partial charge in [-0.1, -0.05) is 33.6 Å². The van der Waals surface area contributed by atoms with Gasteiger partial charge in [0, 0.05) is 6.54 Å². The van der Waals surface area contributed by atoms with E-state index >= 15 is 0 Å². The summed E-state index contributed by atoms with van der Waals surface area (Å²) in [6, 6.07) is -0.582. The monoisotopic (exact) mass is 592 g/mol. The number of carbonyl (C=O) groups excluding carboxylic acids is 1. The Balaban J connectivity index is 1.05. The van der Waals surface area contributed by atoms with E-state index in [1.54, 1.807) is 0 Å². The first-order valence-corrected chi connectivity index (χ1v) is 18.5. The van der Waals surface area contributed by atoms with Crippen molar-refractivity contribution in [3.63, 3.8) is 0 Å². The standard InChI is InChI=1S/C33H56N2O5S/c1-5-24-27-18-23(36)12-14-32(27,3)26-13-15-31(2)21(10-11-25(31)28(26)29(24)37)7-6-16-34-30(38)35-41(39,40)33(4)19-20-8-9-22(33)17-20/h20-29,36-37H,5-19H2,1-4H3,(H2,34,35,38)/t20?,21-,22?,23+,24+,25-,26-,27-,28-,29+,31+,32+,33?/m0/s1. The molecule has 4 N–H and O–H groups in total. The number of sulfonamides is 1. The van der Waals surface area contributed by atoms with Crippen molar-refractivity contribution in [2.75, 3.05) is 6.54 Å². The molecule has 6 aliphatic rings. The molecule has 7 nitrogen and oxygen atoms in total. The maximum absolute atomic E-state index is 13.1. The minimum Gasteiger partial charge on any atom is -0.393 e. The Morgan fingerprint density at radius 3 is 2.32 bits per heavy atom. The van der Waals surface area contributed by atoms with Gasteiger partial charge in [-0.25, -0.2) is 17.9 Å². The normalized spacial score (nSPS) is 50.6. The Labute approximate surface area is 248 Å². The van der Waals surface area contributed by atoms with Gasteiger partial charge in [-0.3, -0.25) is 0 Å². The van der Waals surface area contributed by atoms with Gasteiger partial charge in [-0.15, -0.1) is 0 Å². The lowest BCUT2D eigenvalue weighted by Crippen LogP contribution is -2.62. The molecular formula is C33H56N2O5S. The van der Waals surface area contributed by atoms with Crippen LogP contribution >= 0.6 is 0 Å². The smallest absolute Gasteiger partial charge is 0.328 e. The second-order valence-corrected chi connectivity index (χ2v) is 18.3. The van der Waals surface area contributed by atoms with E-state index in [0.717, 1.165) is 57.8 Å². The van der Waals surface area contributed by atoms with Crippen molar-refractivity contribution in [2.24, 2.45) is 58.2 Å². The van der Waals surface area contributed by atoms with E-state index in [1.807, 2.05) is 6.92 Å². The lowest BCUT2D eigenvalue weighted by atomic mass is 9.41. The largest absolute Gasteiger partial charge is 0.393 e. The van der Waals surface area contributed by atoms with Gasteiger partial charge < -0.3 is 15.5 Å². The molecule has 41 heavy (non-hydrogen) atoms. The average Bonchev–Trinajstić information content (AvgIpc) is 3.61. The highest BCUT2D eigenvalue weighted by atomic mass is 32.2. The number of rotatable bonds is 7. The summed E-state index contributed by atoms with van der Waals surface area (Å²) >= 11 is 0. The van der Waals surface area contributed by atoms with Crippen LogP contribution in [0.1, 0.15) is 118 Å². The topological polar surface area (TPSA) is 116 Å². The van der Waals surface area contributed by atoms with E-state index in [1.165, 1.54) is 25.7 Å². The molecule has 2 bridgehead atoms. The number of fused-ring (bicyclic) bond motifs is 7. The molecule has 0 aromatic rings. The van der Waals surface area contributed by atoms with Crippen molar-refractivity contribution in [3.8, 4) is 0 Å². The molecule has 0 saturated heterocycles. The van der Waals surface area contributed by atoms with Gasteiger partial charge in [-0.2, -0.15) is 0 Å². The lowest BCUT2D eigenvalue weighted by Gasteiger charge is -2.64. The molecule has 0 aliphatic heterocycles. The van der Waals surface area contributed by atoms with Crippen molar-refractivity contribution < 1.29 is 23.4 Å². The number of hydrogen-bond donors (Lipinski definition) is 4. The summed E-state index contributed by atoms with van der Waals surface area (Å²) in [5.41, 5.74) is 0.426. The second-order valence-electron chi connectivity index (χ2n) is 16.1. The molecule has 0 heterocycles. The first-order valence-electron chi connectivity index (χ1n) is 17.0. The van der Waals surface area contributed by atoms with Crippen molar-refractivity contribution in [2.45, 2.75) is 135 Å². The molecule has 13 atom stereocenters. The first kappa shape index (κ1) is 30.2. The predicted molar refractivity (Wildman–Crippen MR) is 160 cm³/mol. The summed E-state index contributed by atoms with van der Waals surface area (Å²) in [7, 11) is -3.71. The molecule has 0 radical (unpaired) electrons. The summed E-state index contributed by atoms with van der Waals surface area (Å²) < 4.78 is 27.7. The van der Waals surface area contributed by atoms with Gasteiger partial charge in [0.05, 0.1) is 17.0 Å². The van der Waals surface area contributed by atoms with Crippen LogP contribution in [0.5, 0.6) is 0 Å². The highest BCUT2D eigenvalue weighted by Gasteiger charge is 2.64. The first-order chi connectivity index (χ1) is 19.3. The lowest BCUT2D eigenvalue weighted by molar-refractivity contribution is -0.202. The van der Waals surface area contributed by atoms with Gasteiger partial charge in [0.1, 0.15) is 0 Å². The molecule has 2 amide bonds. The molecule has 6 aliphatic carbocycles. The molecule has 3 unspecified atom stereocenters. The molecule has 0 aromatic carbocycles. The molecule has 0 aromatic heterocycles. The van der Waals surface area contributed by atoms with Crippen LogP contribution in [0.3, 0.4) is 0 Å². The maximum atomic E-state index is 13.1. The van der Waals surface area contributed by atoms with Gasteiger partial charge in [0.25, 0.3) is 0 Å².